The van der Waals surface area contributed by atoms with Crippen LogP contribution in [0.25, 0.3) is 0 Å². The van der Waals surface area contributed by atoms with E-state index < -0.39 is 0 Å². The number of carbonyl (C=O) groups is 1. The Labute approximate surface area is 139 Å². The summed E-state index contributed by atoms with van der Waals surface area (Å²) in [7, 11) is 0. The molecule has 126 valence electrons. The van der Waals surface area contributed by atoms with Gasteiger partial charge in [-0.25, -0.2) is 15.0 Å². The van der Waals surface area contributed by atoms with Crippen LogP contribution in [-0.2, 0) is 0 Å². The number of rotatable bonds is 3. The second kappa shape index (κ2) is 6.56. The smallest absolute Gasteiger partial charge is 0.275 e. The third-order valence-electron chi connectivity index (χ3n) is 4.50. The van der Waals surface area contributed by atoms with Crippen molar-refractivity contribution in [3.63, 3.8) is 0 Å². The highest BCUT2D eigenvalue weighted by Gasteiger charge is 2.27. The average Bonchev–Trinajstić information content (AvgIpc) is 3.33. The number of hydrogen-bond acceptors (Lipinski definition) is 7. The SMILES string of the molecule is O=C(c1coc(C2CCCN2)n1)N1CCN(c2ncccn2)CC1. The maximum Gasteiger partial charge on any atom is 0.275 e. The average molecular weight is 328 g/mol. The standard InChI is InChI=1S/C16H20N6O2/c23-15(13-11-24-14(20-13)12-3-1-4-17-12)21-7-9-22(10-8-21)16-18-5-2-6-19-16/h2,5-6,11-12,17H,1,3-4,7-10H2. The summed E-state index contributed by atoms with van der Waals surface area (Å²) < 4.78 is 5.50. The molecule has 24 heavy (non-hydrogen) atoms. The van der Waals surface area contributed by atoms with Gasteiger partial charge in [0.15, 0.2) is 5.69 Å². The van der Waals surface area contributed by atoms with Gasteiger partial charge in [0, 0.05) is 38.6 Å². The highest BCUT2D eigenvalue weighted by molar-refractivity contribution is 5.92. The molecule has 2 aliphatic rings. The maximum absolute atomic E-state index is 12.6. The molecule has 2 aliphatic heterocycles. The molecule has 2 aromatic heterocycles. The summed E-state index contributed by atoms with van der Waals surface area (Å²) in [5.74, 6) is 1.25. The van der Waals surface area contributed by atoms with Crippen LogP contribution in [0, 0.1) is 0 Å². The molecule has 1 amide bonds. The van der Waals surface area contributed by atoms with Gasteiger partial charge in [0.2, 0.25) is 11.8 Å². The van der Waals surface area contributed by atoms with E-state index in [9.17, 15) is 4.79 Å². The number of nitrogens with zero attached hydrogens (tertiary/aromatic N) is 5. The van der Waals surface area contributed by atoms with E-state index in [1.165, 1.54) is 6.26 Å². The Bertz CT molecular complexity index is 690. The van der Waals surface area contributed by atoms with Gasteiger partial charge in [-0.05, 0) is 25.5 Å². The second-order valence-corrected chi connectivity index (χ2v) is 6.05. The summed E-state index contributed by atoms with van der Waals surface area (Å²) in [5.41, 5.74) is 0.392. The predicted octanol–water partition coefficient (Wildman–Crippen LogP) is 0.851. The molecule has 1 N–H and O–H groups in total. The Morgan fingerprint density at radius 2 is 2.00 bits per heavy atom. The molecular formula is C16H20N6O2. The number of aromatic nitrogens is 3. The van der Waals surface area contributed by atoms with Gasteiger partial charge < -0.3 is 19.5 Å². The lowest BCUT2D eigenvalue weighted by Gasteiger charge is -2.34. The summed E-state index contributed by atoms with van der Waals surface area (Å²) in [6, 6.07) is 1.93. The fourth-order valence-corrected chi connectivity index (χ4v) is 3.17. The molecule has 8 heteroatoms. The van der Waals surface area contributed by atoms with Gasteiger partial charge in [0.1, 0.15) is 6.26 Å². The molecule has 0 saturated carbocycles. The quantitative estimate of drug-likeness (QED) is 0.893. The van der Waals surface area contributed by atoms with Crippen LogP contribution in [0.5, 0.6) is 0 Å². The van der Waals surface area contributed by atoms with Gasteiger partial charge in [0.25, 0.3) is 5.91 Å². The molecule has 0 aliphatic carbocycles. The zero-order valence-electron chi connectivity index (χ0n) is 13.4. The molecule has 1 atom stereocenters. The summed E-state index contributed by atoms with van der Waals surface area (Å²) in [6.45, 7) is 3.65. The Morgan fingerprint density at radius 3 is 2.71 bits per heavy atom. The van der Waals surface area contributed by atoms with Crippen molar-refractivity contribution in [1.29, 1.82) is 0 Å². The van der Waals surface area contributed by atoms with Crippen molar-refractivity contribution in [1.82, 2.24) is 25.2 Å². The topological polar surface area (TPSA) is 87.4 Å². The molecule has 2 fully saturated rings. The molecule has 0 spiro atoms. The number of piperazine rings is 1. The van der Waals surface area contributed by atoms with Crippen molar-refractivity contribution in [2.24, 2.45) is 0 Å². The summed E-state index contributed by atoms with van der Waals surface area (Å²) >= 11 is 0. The Balaban J connectivity index is 1.38. The zero-order chi connectivity index (χ0) is 16.4. The van der Waals surface area contributed by atoms with E-state index in [2.05, 4.69) is 25.2 Å². The van der Waals surface area contributed by atoms with Gasteiger partial charge in [0.05, 0.1) is 6.04 Å². The number of hydrogen-bond donors (Lipinski definition) is 1. The molecule has 0 aromatic carbocycles. The molecule has 1 unspecified atom stereocenters. The molecule has 4 heterocycles. The van der Waals surface area contributed by atoms with E-state index in [1.54, 1.807) is 18.5 Å². The molecule has 2 saturated heterocycles. The molecule has 8 nitrogen and oxygen atoms in total. The van der Waals surface area contributed by atoms with Crippen molar-refractivity contribution >= 4 is 11.9 Å². The van der Waals surface area contributed by atoms with E-state index in [4.69, 9.17) is 4.42 Å². The van der Waals surface area contributed by atoms with E-state index in [0.717, 1.165) is 19.4 Å². The Hall–Kier alpha value is -2.48. The van der Waals surface area contributed by atoms with Crippen molar-refractivity contribution < 1.29 is 9.21 Å². The van der Waals surface area contributed by atoms with Gasteiger partial charge in [-0.1, -0.05) is 0 Å². The first-order chi connectivity index (χ1) is 11.8. The van der Waals surface area contributed by atoms with Crippen LogP contribution in [0.3, 0.4) is 0 Å². The maximum atomic E-state index is 12.6. The van der Waals surface area contributed by atoms with E-state index in [1.807, 2.05) is 4.90 Å². The third kappa shape index (κ3) is 2.96. The van der Waals surface area contributed by atoms with Crippen LogP contribution in [0.1, 0.15) is 35.3 Å². The summed E-state index contributed by atoms with van der Waals surface area (Å²) in [5, 5.41) is 3.33. The normalized spacial score (nSPS) is 21.2. The molecule has 0 radical (unpaired) electrons. The fraction of sp³-hybridized carbons (Fsp3) is 0.500. The van der Waals surface area contributed by atoms with Crippen LogP contribution >= 0.6 is 0 Å². The van der Waals surface area contributed by atoms with Crippen LogP contribution < -0.4 is 10.2 Å². The zero-order valence-corrected chi connectivity index (χ0v) is 13.4. The number of anilines is 1. The predicted molar refractivity (Wildman–Crippen MR) is 86.6 cm³/mol. The highest BCUT2D eigenvalue weighted by Crippen LogP contribution is 2.22. The fourth-order valence-electron chi connectivity index (χ4n) is 3.17. The number of carbonyl (C=O) groups excluding carboxylic acids is 1. The summed E-state index contributed by atoms with van der Waals surface area (Å²) in [4.78, 5) is 29.4. The van der Waals surface area contributed by atoms with Crippen LogP contribution in [0.15, 0.2) is 29.1 Å². The summed E-state index contributed by atoms with van der Waals surface area (Å²) in [6.07, 6.45) is 7.05. The van der Waals surface area contributed by atoms with Gasteiger partial charge in [-0.15, -0.1) is 0 Å². The Kier molecular flexibility index (Phi) is 4.12. The lowest BCUT2D eigenvalue weighted by Crippen LogP contribution is -2.49. The van der Waals surface area contributed by atoms with Crippen LogP contribution in [0.2, 0.25) is 0 Å². The minimum atomic E-state index is -0.0726. The van der Waals surface area contributed by atoms with Crippen LogP contribution in [0.4, 0.5) is 5.95 Å². The number of amides is 1. The first kappa shape index (κ1) is 15.1. The van der Waals surface area contributed by atoms with Gasteiger partial charge in [-0.2, -0.15) is 0 Å². The van der Waals surface area contributed by atoms with Crippen LogP contribution in [-0.4, -0.2) is 58.5 Å². The minimum Gasteiger partial charge on any atom is -0.446 e. The monoisotopic (exact) mass is 328 g/mol. The molecular weight excluding hydrogens is 308 g/mol. The number of oxazole rings is 1. The largest absolute Gasteiger partial charge is 0.446 e. The van der Waals surface area contributed by atoms with Crippen molar-refractivity contribution in [2.75, 3.05) is 37.6 Å². The van der Waals surface area contributed by atoms with Gasteiger partial charge >= 0.3 is 0 Å². The molecule has 0 bridgehead atoms. The number of nitrogens with one attached hydrogen (secondary N) is 1. The second-order valence-electron chi connectivity index (χ2n) is 6.05. The lowest BCUT2D eigenvalue weighted by molar-refractivity contribution is 0.0740. The first-order valence-corrected chi connectivity index (χ1v) is 8.31. The van der Waals surface area contributed by atoms with Crippen molar-refractivity contribution in [3.05, 3.63) is 36.3 Å². The Morgan fingerprint density at radius 1 is 1.21 bits per heavy atom. The third-order valence-corrected chi connectivity index (χ3v) is 4.50. The van der Waals surface area contributed by atoms with E-state index in [0.29, 0.717) is 43.7 Å². The minimum absolute atomic E-state index is 0.0726. The van der Waals surface area contributed by atoms with Crippen molar-refractivity contribution in [3.8, 4) is 0 Å². The van der Waals surface area contributed by atoms with E-state index >= 15 is 0 Å². The molecule has 4 rings (SSSR count). The highest BCUT2D eigenvalue weighted by atomic mass is 16.3. The molecule has 2 aromatic rings. The first-order valence-electron chi connectivity index (χ1n) is 8.31. The van der Waals surface area contributed by atoms with E-state index in [-0.39, 0.29) is 11.9 Å². The van der Waals surface area contributed by atoms with Crippen molar-refractivity contribution in [2.45, 2.75) is 18.9 Å². The van der Waals surface area contributed by atoms with Gasteiger partial charge in [-0.3, -0.25) is 4.79 Å². The lowest BCUT2D eigenvalue weighted by atomic mass is 10.2.